The molecule has 0 aliphatic rings. The van der Waals surface area contributed by atoms with Crippen LogP contribution in [-0.2, 0) is 0 Å². The molecule has 4 amide bonds. The molecule has 0 heterocycles. The van der Waals surface area contributed by atoms with Gasteiger partial charge in [0.25, 0.3) is 5.91 Å². The van der Waals surface area contributed by atoms with Crippen LogP contribution in [0.3, 0.4) is 0 Å². The SMILES string of the molecule is CCN(CC)CCNC(=O)c1ccc(NC(=O)Nc2ccc(Oc3ccc(C(N)=O)cc3)cc2)cc1OC. The number of primary amides is 1. The van der Waals surface area contributed by atoms with Crippen LogP contribution in [0.25, 0.3) is 0 Å². The van der Waals surface area contributed by atoms with E-state index in [1.165, 1.54) is 7.11 Å². The molecular weight excluding hydrogens is 486 g/mol. The van der Waals surface area contributed by atoms with Crippen LogP contribution in [0.1, 0.15) is 34.6 Å². The molecule has 0 bridgehead atoms. The highest BCUT2D eigenvalue weighted by Gasteiger charge is 2.14. The van der Waals surface area contributed by atoms with Crippen LogP contribution in [0.5, 0.6) is 17.2 Å². The Balaban J connectivity index is 1.54. The lowest BCUT2D eigenvalue weighted by atomic mass is 10.1. The van der Waals surface area contributed by atoms with Crippen molar-refractivity contribution in [2.75, 3.05) is 43.9 Å². The van der Waals surface area contributed by atoms with Crippen molar-refractivity contribution in [2.24, 2.45) is 5.73 Å². The summed E-state index contributed by atoms with van der Waals surface area (Å²) in [5.41, 5.74) is 7.05. The van der Waals surface area contributed by atoms with Gasteiger partial charge in [-0.2, -0.15) is 0 Å². The molecule has 10 heteroatoms. The van der Waals surface area contributed by atoms with Crippen molar-refractivity contribution in [2.45, 2.75) is 13.8 Å². The Bertz CT molecular complexity index is 1240. The Hall–Kier alpha value is -4.57. The first-order chi connectivity index (χ1) is 18.3. The Morgan fingerprint density at radius 3 is 2.00 bits per heavy atom. The number of methoxy groups -OCH3 is 1. The highest BCUT2D eigenvalue weighted by Crippen LogP contribution is 2.25. The highest BCUT2D eigenvalue weighted by atomic mass is 16.5. The maximum atomic E-state index is 12.6. The molecule has 0 spiro atoms. The van der Waals surface area contributed by atoms with E-state index in [1.54, 1.807) is 66.7 Å². The summed E-state index contributed by atoms with van der Waals surface area (Å²) in [4.78, 5) is 38.5. The van der Waals surface area contributed by atoms with Gasteiger partial charge in [-0.1, -0.05) is 13.8 Å². The monoisotopic (exact) mass is 519 g/mol. The molecule has 0 aliphatic carbocycles. The van der Waals surface area contributed by atoms with Crippen LogP contribution >= 0.6 is 0 Å². The number of hydrogen-bond donors (Lipinski definition) is 4. The van der Waals surface area contributed by atoms with Gasteiger partial charge in [-0.3, -0.25) is 9.59 Å². The van der Waals surface area contributed by atoms with Crippen LogP contribution in [0.15, 0.2) is 66.7 Å². The molecule has 0 radical (unpaired) electrons. The fourth-order valence-corrected chi connectivity index (χ4v) is 3.64. The van der Waals surface area contributed by atoms with Crippen LogP contribution in [-0.4, -0.2) is 56.0 Å². The van der Waals surface area contributed by atoms with E-state index in [9.17, 15) is 14.4 Å². The summed E-state index contributed by atoms with van der Waals surface area (Å²) < 4.78 is 11.1. The number of nitrogens with two attached hydrogens (primary N) is 1. The van der Waals surface area contributed by atoms with E-state index in [-0.39, 0.29) is 5.91 Å². The van der Waals surface area contributed by atoms with Crippen molar-refractivity contribution in [3.8, 4) is 17.2 Å². The van der Waals surface area contributed by atoms with Crippen molar-refractivity contribution in [3.63, 3.8) is 0 Å². The first kappa shape index (κ1) is 28.0. The number of anilines is 2. The molecule has 3 aromatic carbocycles. The van der Waals surface area contributed by atoms with E-state index in [0.29, 0.717) is 46.3 Å². The van der Waals surface area contributed by atoms with Gasteiger partial charge in [0, 0.05) is 36.1 Å². The van der Waals surface area contributed by atoms with Crippen LogP contribution < -0.4 is 31.2 Å². The zero-order valence-electron chi connectivity index (χ0n) is 21.7. The number of hydrogen-bond acceptors (Lipinski definition) is 6. The van der Waals surface area contributed by atoms with E-state index in [4.69, 9.17) is 15.2 Å². The van der Waals surface area contributed by atoms with Crippen LogP contribution in [0.4, 0.5) is 16.2 Å². The first-order valence-corrected chi connectivity index (χ1v) is 12.3. The normalized spacial score (nSPS) is 10.5. The van der Waals surface area contributed by atoms with Gasteiger partial charge in [0.2, 0.25) is 5.91 Å². The van der Waals surface area contributed by atoms with Crippen molar-refractivity contribution in [1.29, 1.82) is 0 Å². The standard InChI is InChI=1S/C28H33N5O5/c1-4-33(5-2)17-16-30-27(35)24-15-10-21(18-25(24)37-3)32-28(36)31-20-8-13-23(14-9-20)38-22-11-6-19(7-12-22)26(29)34/h6-15,18H,4-5,16-17H2,1-3H3,(H2,29,34)(H,30,35)(H2,31,32,36). The lowest BCUT2D eigenvalue weighted by Crippen LogP contribution is -2.34. The largest absolute Gasteiger partial charge is 0.496 e. The molecule has 0 saturated carbocycles. The summed E-state index contributed by atoms with van der Waals surface area (Å²) in [5, 5.41) is 8.38. The number of nitrogens with zero attached hydrogens (tertiary/aromatic N) is 1. The molecule has 10 nitrogen and oxygen atoms in total. The molecule has 0 saturated heterocycles. The Kier molecular flexibility index (Phi) is 10.1. The maximum absolute atomic E-state index is 12.6. The molecule has 3 rings (SSSR count). The molecule has 0 atom stereocenters. The van der Waals surface area contributed by atoms with Gasteiger partial charge in [-0.05, 0) is 73.8 Å². The number of carbonyl (C=O) groups excluding carboxylic acids is 3. The molecule has 0 unspecified atom stereocenters. The summed E-state index contributed by atoms with van der Waals surface area (Å²) in [7, 11) is 1.47. The minimum absolute atomic E-state index is 0.240. The fourth-order valence-electron chi connectivity index (χ4n) is 3.64. The number of likely N-dealkylation sites (N-methyl/N-ethyl adjacent to an activating group) is 1. The van der Waals surface area contributed by atoms with Crippen molar-refractivity contribution >= 4 is 29.2 Å². The van der Waals surface area contributed by atoms with E-state index < -0.39 is 11.9 Å². The number of carbonyl (C=O) groups is 3. The van der Waals surface area contributed by atoms with Gasteiger partial charge in [-0.15, -0.1) is 0 Å². The van der Waals surface area contributed by atoms with E-state index >= 15 is 0 Å². The molecule has 5 N–H and O–H groups in total. The average Bonchev–Trinajstić information content (AvgIpc) is 2.92. The second-order valence-electron chi connectivity index (χ2n) is 8.29. The topological polar surface area (TPSA) is 135 Å². The molecule has 0 aromatic heterocycles. The Labute approximate surface area is 222 Å². The fraction of sp³-hybridized carbons (Fsp3) is 0.250. The van der Waals surface area contributed by atoms with Gasteiger partial charge < -0.3 is 36.1 Å². The van der Waals surface area contributed by atoms with Crippen molar-refractivity contribution in [1.82, 2.24) is 10.2 Å². The van der Waals surface area contributed by atoms with Gasteiger partial charge in [0.05, 0.1) is 12.7 Å². The zero-order chi connectivity index (χ0) is 27.5. The lowest BCUT2D eigenvalue weighted by Gasteiger charge is -2.18. The zero-order valence-corrected chi connectivity index (χ0v) is 21.7. The summed E-state index contributed by atoms with van der Waals surface area (Å²) in [6, 6.07) is 17.6. The van der Waals surface area contributed by atoms with Gasteiger partial charge in [0.1, 0.15) is 17.2 Å². The minimum atomic E-state index is -0.508. The molecule has 38 heavy (non-hydrogen) atoms. The third-order valence-corrected chi connectivity index (χ3v) is 5.80. The van der Waals surface area contributed by atoms with Gasteiger partial charge in [-0.25, -0.2) is 4.79 Å². The number of ether oxygens (including phenoxy) is 2. The summed E-state index contributed by atoms with van der Waals surface area (Å²) in [6.07, 6.45) is 0. The summed E-state index contributed by atoms with van der Waals surface area (Å²) in [5.74, 6) is 0.707. The number of benzene rings is 3. The molecule has 0 fully saturated rings. The predicted molar refractivity (Wildman–Crippen MR) is 147 cm³/mol. The smallest absolute Gasteiger partial charge is 0.323 e. The number of nitrogens with one attached hydrogen (secondary N) is 3. The molecule has 3 aromatic rings. The number of rotatable bonds is 12. The summed E-state index contributed by atoms with van der Waals surface area (Å²) >= 11 is 0. The first-order valence-electron chi connectivity index (χ1n) is 12.3. The van der Waals surface area contributed by atoms with Gasteiger partial charge in [0.15, 0.2) is 0 Å². The lowest BCUT2D eigenvalue weighted by molar-refractivity contribution is 0.0944. The Morgan fingerprint density at radius 2 is 1.42 bits per heavy atom. The molecule has 0 aliphatic heterocycles. The van der Waals surface area contributed by atoms with E-state index in [0.717, 1.165) is 19.6 Å². The second-order valence-corrected chi connectivity index (χ2v) is 8.29. The van der Waals surface area contributed by atoms with Crippen molar-refractivity contribution < 1.29 is 23.9 Å². The van der Waals surface area contributed by atoms with E-state index in [2.05, 4.69) is 34.7 Å². The second kappa shape index (κ2) is 13.7. The number of amides is 4. The van der Waals surface area contributed by atoms with Gasteiger partial charge >= 0.3 is 6.03 Å². The highest BCUT2D eigenvalue weighted by molar-refractivity contribution is 6.01. The quantitative estimate of drug-likeness (QED) is 0.282. The molecular formula is C28H33N5O5. The molecule has 200 valence electrons. The summed E-state index contributed by atoms with van der Waals surface area (Å²) in [6.45, 7) is 7.29. The third kappa shape index (κ3) is 7.97. The van der Waals surface area contributed by atoms with E-state index in [1.807, 2.05) is 0 Å². The average molecular weight is 520 g/mol. The van der Waals surface area contributed by atoms with Crippen molar-refractivity contribution in [3.05, 3.63) is 77.9 Å². The van der Waals surface area contributed by atoms with Crippen LogP contribution in [0.2, 0.25) is 0 Å². The maximum Gasteiger partial charge on any atom is 0.323 e. The third-order valence-electron chi connectivity index (χ3n) is 5.80. The Morgan fingerprint density at radius 1 is 0.842 bits per heavy atom. The van der Waals surface area contributed by atoms with Crippen LogP contribution in [0, 0.1) is 0 Å². The number of urea groups is 1. The predicted octanol–water partition coefficient (Wildman–Crippen LogP) is 4.30. The minimum Gasteiger partial charge on any atom is -0.496 e.